The number of aromatic nitrogens is 3. The Bertz CT molecular complexity index is 312. The highest BCUT2D eigenvalue weighted by Crippen LogP contribution is 2.21. The Hall–Kier alpha value is -1.10. The molecule has 1 aromatic heterocycles. The van der Waals surface area contributed by atoms with E-state index in [1.165, 1.54) is 0 Å². The molecule has 5 heteroatoms. The standard InChI is InChI=1S/C9H16N4O/c1-7-6-13(4-3-8(7)14)9-5-10-11-12(9)2/h5,7-8,14H,3-4,6H2,1-2H3. The molecule has 1 aromatic rings. The molecule has 0 radical (unpaired) electrons. The van der Waals surface area contributed by atoms with Crippen LogP contribution >= 0.6 is 0 Å². The number of hydrogen-bond acceptors (Lipinski definition) is 4. The van der Waals surface area contributed by atoms with Crippen molar-refractivity contribution in [1.82, 2.24) is 15.0 Å². The van der Waals surface area contributed by atoms with Gasteiger partial charge in [0.2, 0.25) is 0 Å². The summed E-state index contributed by atoms with van der Waals surface area (Å²) in [6, 6.07) is 0. The largest absolute Gasteiger partial charge is 0.393 e. The third-order valence-electron chi connectivity index (χ3n) is 2.87. The van der Waals surface area contributed by atoms with Gasteiger partial charge in [0.05, 0.1) is 12.3 Å². The van der Waals surface area contributed by atoms with E-state index in [-0.39, 0.29) is 6.10 Å². The van der Waals surface area contributed by atoms with Gasteiger partial charge in [-0.1, -0.05) is 12.1 Å². The number of aliphatic hydroxyl groups is 1. The minimum absolute atomic E-state index is 0.160. The van der Waals surface area contributed by atoms with Crippen molar-refractivity contribution in [3.63, 3.8) is 0 Å². The van der Waals surface area contributed by atoms with Crippen LogP contribution < -0.4 is 4.90 Å². The summed E-state index contributed by atoms with van der Waals surface area (Å²) in [7, 11) is 1.89. The highest BCUT2D eigenvalue weighted by Gasteiger charge is 2.25. The Kier molecular flexibility index (Phi) is 2.41. The molecule has 2 heterocycles. The number of hydrogen-bond donors (Lipinski definition) is 1. The predicted octanol–water partition coefficient (Wildman–Crippen LogP) is 0.0222. The van der Waals surface area contributed by atoms with Gasteiger partial charge in [0, 0.05) is 20.1 Å². The molecular formula is C9H16N4O. The minimum atomic E-state index is -0.160. The molecule has 0 amide bonds. The summed E-state index contributed by atoms with van der Waals surface area (Å²) < 4.78 is 1.77. The summed E-state index contributed by atoms with van der Waals surface area (Å²) in [5.74, 6) is 1.35. The lowest BCUT2D eigenvalue weighted by molar-refractivity contribution is 0.0967. The molecule has 5 nitrogen and oxygen atoms in total. The quantitative estimate of drug-likeness (QED) is 0.688. The van der Waals surface area contributed by atoms with Crippen LogP contribution in [0.15, 0.2) is 6.20 Å². The van der Waals surface area contributed by atoms with Crippen molar-refractivity contribution in [3.05, 3.63) is 6.20 Å². The van der Waals surface area contributed by atoms with Crippen LogP contribution in [0.1, 0.15) is 13.3 Å². The molecule has 14 heavy (non-hydrogen) atoms. The van der Waals surface area contributed by atoms with Crippen molar-refractivity contribution < 1.29 is 5.11 Å². The fraction of sp³-hybridized carbons (Fsp3) is 0.778. The monoisotopic (exact) mass is 196 g/mol. The van der Waals surface area contributed by atoms with E-state index in [0.717, 1.165) is 25.3 Å². The minimum Gasteiger partial charge on any atom is -0.393 e. The zero-order chi connectivity index (χ0) is 10.1. The highest BCUT2D eigenvalue weighted by molar-refractivity contribution is 5.36. The first kappa shape index (κ1) is 9.45. The third-order valence-corrected chi connectivity index (χ3v) is 2.87. The van der Waals surface area contributed by atoms with Crippen LogP contribution in [0.25, 0.3) is 0 Å². The molecule has 0 bridgehead atoms. The fourth-order valence-corrected chi connectivity index (χ4v) is 1.91. The van der Waals surface area contributed by atoms with Crippen LogP contribution in [0.5, 0.6) is 0 Å². The van der Waals surface area contributed by atoms with Crippen molar-refractivity contribution in [2.75, 3.05) is 18.0 Å². The SMILES string of the molecule is CC1CN(c2cnnn2C)CCC1O. The summed E-state index contributed by atoms with van der Waals surface area (Å²) in [5.41, 5.74) is 0. The second-order valence-electron chi connectivity index (χ2n) is 4.00. The van der Waals surface area contributed by atoms with E-state index < -0.39 is 0 Å². The topological polar surface area (TPSA) is 54.2 Å². The number of nitrogens with zero attached hydrogens (tertiary/aromatic N) is 4. The first-order valence-electron chi connectivity index (χ1n) is 4.96. The van der Waals surface area contributed by atoms with E-state index in [1.807, 2.05) is 7.05 Å². The van der Waals surface area contributed by atoms with E-state index in [1.54, 1.807) is 10.9 Å². The Morgan fingerprint density at radius 1 is 1.57 bits per heavy atom. The Morgan fingerprint density at radius 2 is 2.36 bits per heavy atom. The molecule has 0 aromatic carbocycles. The van der Waals surface area contributed by atoms with Gasteiger partial charge in [-0.25, -0.2) is 4.68 Å². The van der Waals surface area contributed by atoms with Crippen LogP contribution in [-0.2, 0) is 7.05 Å². The van der Waals surface area contributed by atoms with Gasteiger partial charge < -0.3 is 10.0 Å². The van der Waals surface area contributed by atoms with E-state index in [2.05, 4.69) is 22.1 Å². The molecule has 2 atom stereocenters. The number of aliphatic hydroxyl groups excluding tert-OH is 1. The van der Waals surface area contributed by atoms with Crippen molar-refractivity contribution in [1.29, 1.82) is 0 Å². The van der Waals surface area contributed by atoms with Gasteiger partial charge >= 0.3 is 0 Å². The molecular weight excluding hydrogens is 180 g/mol. The zero-order valence-corrected chi connectivity index (χ0v) is 8.59. The molecule has 2 rings (SSSR count). The Labute approximate surface area is 83.3 Å². The van der Waals surface area contributed by atoms with E-state index >= 15 is 0 Å². The van der Waals surface area contributed by atoms with Crippen molar-refractivity contribution in [2.45, 2.75) is 19.4 Å². The summed E-state index contributed by atoms with van der Waals surface area (Å²) in [4.78, 5) is 2.22. The van der Waals surface area contributed by atoms with Gasteiger partial charge in [0.1, 0.15) is 5.82 Å². The van der Waals surface area contributed by atoms with E-state index in [0.29, 0.717) is 5.92 Å². The maximum Gasteiger partial charge on any atom is 0.147 e. The highest BCUT2D eigenvalue weighted by atomic mass is 16.3. The van der Waals surface area contributed by atoms with E-state index in [9.17, 15) is 5.11 Å². The van der Waals surface area contributed by atoms with Gasteiger partial charge in [0.15, 0.2) is 0 Å². The summed E-state index contributed by atoms with van der Waals surface area (Å²) in [6.07, 6.45) is 2.43. The fourth-order valence-electron chi connectivity index (χ4n) is 1.91. The average Bonchev–Trinajstić information content (AvgIpc) is 2.57. The van der Waals surface area contributed by atoms with Gasteiger partial charge in [-0.3, -0.25) is 0 Å². The molecule has 0 aliphatic carbocycles. The maximum absolute atomic E-state index is 9.60. The summed E-state index contributed by atoms with van der Waals surface area (Å²) >= 11 is 0. The lowest BCUT2D eigenvalue weighted by Gasteiger charge is -2.35. The van der Waals surface area contributed by atoms with E-state index in [4.69, 9.17) is 0 Å². The molecule has 1 aliphatic heterocycles. The second-order valence-corrected chi connectivity index (χ2v) is 4.00. The first-order chi connectivity index (χ1) is 6.68. The Morgan fingerprint density at radius 3 is 2.93 bits per heavy atom. The van der Waals surface area contributed by atoms with Crippen molar-refractivity contribution >= 4 is 5.82 Å². The van der Waals surface area contributed by atoms with Crippen LogP contribution in [0.3, 0.4) is 0 Å². The van der Waals surface area contributed by atoms with Crippen LogP contribution in [0.4, 0.5) is 5.82 Å². The first-order valence-corrected chi connectivity index (χ1v) is 4.96. The lowest BCUT2D eigenvalue weighted by atomic mass is 9.97. The molecule has 1 fully saturated rings. The van der Waals surface area contributed by atoms with Crippen LogP contribution in [-0.4, -0.2) is 39.3 Å². The molecule has 2 unspecified atom stereocenters. The normalized spacial score (nSPS) is 28.1. The molecule has 0 spiro atoms. The summed E-state index contributed by atoms with van der Waals surface area (Å²) in [6.45, 7) is 3.83. The number of anilines is 1. The third kappa shape index (κ3) is 1.59. The van der Waals surface area contributed by atoms with Gasteiger partial charge in [-0.15, -0.1) is 5.10 Å². The number of aryl methyl sites for hydroxylation is 1. The molecule has 0 saturated carbocycles. The van der Waals surface area contributed by atoms with Gasteiger partial charge in [0.25, 0.3) is 0 Å². The lowest BCUT2D eigenvalue weighted by Crippen LogP contribution is -2.42. The number of rotatable bonds is 1. The predicted molar refractivity (Wildman–Crippen MR) is 53.0 cm³/mol. The van der Waals surface area contributed by atoms with Crippen LogP contribution in [0.2, 0.25) is 0 Å². The number of piperidine rings is 1. The summed E-state index contributed by atoms with van der Waals surface area (Å²) in [5, 5.41) is 17.3. The van der Waals surface area contributed by atoms with Gasteiger partial charge in [-0.2, -0.15) is 0 Å². The smallest absolute Gasteiger partial charge is 0.147 e. The maximum atomic E-state index is 9.60. The molecule has 1 saturated heterocycles. The van der Waals surface area contributed by atoms with Crippen molar-refractivity contribution in [2.24, 2.45) is 13.0 Å². The Balaban J connectivity index is 2.10. The zero-order valence-electron chi connectivity index (χ0n) is 8.59. The van der Waals surface area contributed by atoms with Crippen molar-refractivity contribution in [3.8, 4) is 0 Å². The average molecular weight is 196 g/mol. The molecule has 1 N–H and O–H groups in total. The second kappa shape index (κ2) is 3.57. The van der Waals surface area contributed by atoms with Crippen LogP contribution in [0, 0.1) is 5.92 Å². The van der Waals surface area contributed by atoms with Gasteiger partial charge in [-0.05, 0) is 12.3 Å². The molecule has 78 valence electrons. The molecule has 1 aliphatic rings.